The molecule has 124 valence electrons. The van der Waals surface area contributed by atoms with Gasteiger partial charge in [0.15, 0.2) is 5.82 Å². The number of hydrogen-bond acceptors (Lipinski definition) is 6. The fourth-order valence-electron chi connectivity index (χ4n) is 2.73. The second-order valence-corrected chi connectivity index (χ2v) is 6.02. The topological polar surface area (TPSA) is 121 Å². The number of aromatic nitrogens is 5. The van der Waals surface area contributed by atoms with Crippen molar-refractivity contribution in [2.75, 3.05) is 6.54 Å². The van der Waals surface area contributed by atoms with Gasteiger partial charge in [-0.2, -0.15) is 10.1 Å². The highest BCUT2D eigenvalue weighted by Gasteiger charge is 2.33. The predicted molar refractivity (Wildman–Crippen MR) is 79.6 cm³/mol. The number of hydrogen-bond donors (Lipinski definition) is 2. The summed E-state index contributed by atoms with van der Waals surface area (Å²) in [6, 6.07) is -0.152. The van der Waals surface area contributed by atoms with E-state index in [9.17, 15) is 9.59 Å². The standard InChI is InChI=1S/C14H20N6O3/c1-8(2)12-16-13(23-19-12)9-4-3-7-20(9)11(21)6-5-10-15-14(22)18-17-10/h8-9H,3-7H2,1-2H3,(H2,15,17,18,22)/t9-/m0/s1. The molecule has 0 spiro atoms. The summed E-state index contributed by atoms with van der Waals surface area (Å²) in [5.41, 5.74) is -0.362. The normalized spacial score (nSPS) is 18.0. The third kappa shape index (κ3) is 3.33. The fraction of sp³-hybridized carbons (Fsp3) is 0.643. The average molecular weight is 320 g/mol. The SMILES string of the molecule is CC(C)c1noc([C@@H]2CCCN2C(=O)CCc2n[nH]c(=O)[nH]2)n1. The van der Waals surface area contributed by atoms with Crippen LogP contribution in [-0.2, 0) is 11.2 Å². The van der Waals surface area contributed by atoms with E-state index in [1.807, 2.05) is 13.8 Å². The van der Waals surface area contributed by atoms with Crippen LogP contribution >= 0.6 is 0 Å². The van der Waals surface area contributed by atoms with Crippen LogP contribution in [0.25, 0.3) is 0 Å². The molecule has 0 aromatic carbocycles. The van der Waals surface area contributed by atoms with Crippen LogP contribution < -0.4 is 5.69 Å². The summed E-state index contributed by atoms with van der Waals surface area (Å²) in [7, 11) is 0. The minimum Gasteiger partial charge on any atom is -0.337 e. The van der Waals surface area contributed by atoms with E-state index in [-0.39, 0.29) is 30.0 Å². The second kappa shape index (κ2) is 6.35. The maximum atomic E-state index is 12.5. The first-order chi connectivity index (χ1) is 11.0. The molecule has 9 heteroatoms. The lowest BCUT2D eigenvalue weighted by atomic mass is 10.2. The van der Waals surface area contributed by atoms with Gasteiger partial charge in [0.2, 0.25) is 11.8 Å². The Morgan fingerprint density at radius 1 is 1.48 bits per heavy atom. The summed E-state index contributed by atoms with van der Waals surface area (Å²) >= 11 is 0. The van der Waals surface area contributed by atoms with Crippen molar-refractivity contribution in [3.8, 4) is 0 Å². The average Bonchev–Trinajstić information content (AvgIpc) is 3.24. The Morgan fingerprint density at radius 2 is 2.30 bits per heavy atom. The van der Waals surface area contributed by atoms with Crippen molar-refractivity contribution in [2.24, 2.45) is 0 Å². The molecule has 2 aromatic heterocycles. The van der Waals surface area contributed by atoms with Gasteiger partial charge >= 0.3 is 5.69 Å². The van der Waals surface area contributed by atoms with E-state index in [4.69, 9.17) is 4.52 Å². The molecule has 0 aliphatic carbocycles. The number of aryl methyl sites for hydroxylation is 1. The molecule has 1 fully saturated rings. The first-order valence-corrected chi connectivity index (χ1v) is 7.81. The Kier molecular flexibility index (Phi) is 4.26. The van der Waals surface area contributed by atoms with Crippen molar-refractivity contribution in [3.05, 3.63) is 28.0 Å². The molecule has 0 unspecified atom stereocenters. The van der Waals surface area contributed by atoms with Gasteiger partial charge in [-0.3, -0.25) is 9.78 Å². The second-order valence-electron chi connectivity index (χ2n) is 6.02. The molecule has 3 heterocycles. The smallest absolute Gasteiger partial charge is 0.337 e. The van der Waals surface area contributed by atoms with Crippen LogP contribution in [0.15, 0.2) is 9.32 Å². The minimum atomic E-state index is -0.362. The van der Waals surface area contributed by atoms with Gasteiger partial charge in [0.1, 0.15) is 11.9 Å². The number of likely N-dealkylation sites (tertiary alicyclic amines) is 1. The molecule has 0 saturated carbocycles. The molecule has 3 rings (SSSR count). The highest BCUT2D eigenvalue weighted by molar-refractivity contribution is 5.77. The van der Waals surface area contributed by atoms with Gasteiger partial charge in [-0.05, 0) is 12.8 Å². The molecule has 1 aliphatic rings. The van der Waals surface area contributed by atoms with Crippen LogP contribution in [0.2, 0.25) is 0 Å². The summed E-state index contributed by atoms with van der Waals surface area (Å²) in [4.78, 5) is 32.2. The molecule has 23 heavy (non-hydrogen) atoms. The zero-order valence-electron chi connectivity index (χ0n) is 13.2. The number of carbonyl (C=O) groups excluding carboxylic acids is 1. The van der Waals surface area contributed by atoms with Gasteiger partial charge in [0.25, 0.3) is 0 Å². The molecular weight excluding hydrogens is 300 g/mol. The van der Waals surface area contributed by atoms with Crippen LogP contribution in [0.5, 0.6) is 0 Å². The molecule has 1 amide bonds. The lowest BCUT2D eigenvalue weighted by Crippen LogP contribution is -2.31. The van der Waals surface area contributed by atoms with Gasteiger partial charge in [-0.15, -0.1) is 0 Å². The number of rotatable bonds is 5. The van der Waals surface area contributed by atoms with Gasteiger partial charge in [-0.1, -0.05) is 19.0 Å². The molecule has 1 aliphatic heterocycles. The van der Waals surface area contributed by atoms with Gasteiger partial charge in [0.05, 0.1) is 0 Å². The van der Waals surface area contributed by atoms with Crippen molar-refractivity contribution < 1.29 is 9.32 Å². The van der Waals surface area contributed by atoms with Gasteiger partial charge in [0, 0.05) is 25.3 Å². The zero-order chi connectivity index (χ0) is 16.4. The van der Waals surface area contributed by atoms with E-state index in [0.29, 0.717) is 30.5 Å². The van der Waals surface area contributed by atoms with E-state index >= 15 is 0 Å². The lowest BCUT2D eigenvalue weighted by Gasteiger charge is -2.21. The maximum absolute atomic E-state index is 12.5. The Morgan fingerprint density at radius 3 is 2.96 bits per heavy atom. The van der Waals surface area contributed by atoms with Crippen molar-refractivity contribution in [3.63, 3.8) is 0 Å². The predicted octanol–water partition coefficient (Wildman–Crippen LogP) is 0.901. The molecule has 0 radical (unpaired) electrons. The number of aromatic amines is 2. The summed E-state index contributed by atoms with van der Waals surface area (Å²) < 4.78 is 5.34. The molecule has 0 bridgehead atoms. The largest absolute Gasteiger partial charge is 0.340 e. The summed E-state index contributed by atoms with van der Waals surface area (Å²) in [5, 5.41) is 10.1. The van der Waals surface area contributed by atoms with E-state index in [1.165, 1.54) is 0 Å². The first kappa shape index (κ1) is 15.4. The first-order valence-electron chi connectivity index (χ1n) is 7.81. The van der Waals surface area contributed by atoms with Crippen LogP contribution in [0, 0.1) is 0 Å². The molecule has 2 N–H and O–H groups in total. The molecular formula is C14H20N6O3. The fourth-order valence-corrected chi connectivity index (χ4v) is 2.73. The summed E-state index contributed by atoms with van der Waals surface area (Å²) in [6.07, 6.45) is 2.41. The Bertz CT molecular complexity index is 731. The van der Waals surface area contributed by atoms with Crippen LogP contribution in [0.4, 0.5) is 0 Å². The Hall–Kier alpha value is -2.45. The molecule has 1 saturated heterocycles. The summed E-state index contributed by atoms with van der Waals surface area (Å²) in [6.45, 7) is 4.67. The van der Waals surface area contributed by atoms with Crippen LogP contribution in [-0.4, -0.2) is 42.7 Å². The van der Waals surface area contributed by atoms with Crippen LogP contribution in [0.1, 0.15) is 62.6 Å². The summed E-state index contributed by atoms with van der Waals surface area (Å²) in [5.74, 6) is 1.84. The maximum Gasteiger partial charge on any atom is 0.340 e. The number of nitrogens with one attached hydrogen (secondary N) is 2. The monoisotopic (exact) mass is 320 g/mol. The minimum absolute atomic E-state index is 0.000598. The third-order valence-electron chi connectivity index (χ3n) is 3.96. The zero-order valence-corrected chi connectivity index (χ0v) is 13.2. The quantitative estimate of drug-likeness (QED) is 0.844. The van der Waals surface area contributed by atoms with Gasteiger partial charge < -0.3 is 9.42 Å². The van der Waals surface area contributed by atoms with Crippen LogP contribution in [0.3, 0.4) is 0 Å². The third-order valence-corrected chi connectivity index (χ3v) is 3.96. The molecule has 1 atom stereocenters. The van der Waals surface area contributed by atoms with Crippen molar-refractivity contribution >= 4 is 5.91 Å². The number of nitrogens with zero attached hydrogens (tertiary/aromatic N) is 4. The van der Waals surface area contributed by atoms with Crippen molar-refractivity contribution in [1.29, 1.82) is 0 Å². The Labute approximate surface area is 132 Å². The molecule has 9 nitrogen and oxygen atoms in total. The van der Waals surface area contributed by atoms with E-state index < -0.39 is 0 Å². The Balaban J connectivity index is 1.65. The van der Waals surface area contributed by atoms with Crippen molar-refractivity contribution in [2.45, 2.75) is 51.5 Å². The molecule has 2 aromatic rings. The highest BCUT2D eigenvalue weighted by atomic mass is 16.5. The van der Waals surface area contributed by atoms with E-state index in [0.717, 1.165) is 12.8 Å². The lowest BCUT2D eigenvalue weighted by molar-refractivity contribution is -0.132. The van der Waals surface area contributed by atoms with E-state index in [1.54, 1.807) is 4.90 Å². The van der Waals surface area contributed by atoms with Crippen molar-refractivity contribution in [1.82, 2.24) is 30.2 Å². The highest BCUT2D eigenvalue weighted by Crippen LogP contribution is 2.32. The number of H-pyrrole nitrogens is 2. The van der Waals surface area contributed by atoms with Gasteiger partial charge in [-0.25, -0.2) is 9.89 Å². The van der Waals surface area contributed by atoms with E-state index in [2.05, 4.69) is 25.3 Å². The number of amides is 1. The number of carbonyl (C=O) groups is 1.